The minimum absolute atomic E-state index is 0.331. The maximum Gasteiger partial charge on any atom is 0.136 e. The van der Waals surface area contributed by atoms with Crippen LogP contribution in [0.5, 0.6) is 0 Å². The van der Waals surface area contributed by atoms with Crippen molar-refractivity contribution < 1.29 is 4.39 Å². The van der Waals surface area contributed by atoms with Crippen molar-refractivity contribution in [3.63, 3.8) is 0 Å². The number of halogens is 1. The molecular weight excluding hydrogens is 321 g/mol. The van der Waals surface area contributed by atoms with Crippen LogP contribution in [0.25, 0.3) is 16.8 Å². The van der Waals surface area contributed by atoms with Gasteiger partial charge in [0.25, 0.3) is 0 Å². The normalized spacial score (nSPS) is 11.1. The monoisotopic (exact) mass is 335 g/mol. The van der Waals surface area contributed by atoms with E-state index >= 15 is 0 Å². The first kappa shape index (κ1) is 15.9. The van der Waals surface area contributed by atoms with E-state index in [1.165, 1.54) is 29.0 Å². The molecule has 1 aromatic heterocycles. The summed E-state index contributed by atoms with van der Waals surface area (Å²) in [5.41, 5.74) is 4.02. The molecule has 5 heteroatoms. The van der Waals surface area contributed by atoms with Crippen LogP contribution in [0.15, 0.2) is 60.1 Å². The van der Waals surface area contributed by atoms with Crippen LogP contribution in [0.3, 0.4) is 0 Å². The highest BCUT2D eigenvalue weighted by atomic mass is 32.1. The third-order valence-electron chi connectivity index (χ3n) is 3.41. The Labute approximate surface area is 143 Å². The summed E-state index contributed by atoms with van der Waals surface area (Å²) in [4.78, 5) is 4.52. The molecule has 0 aliphatic heterocycles. The zero-order chi connectivity index (χ0) is 16.9. The fourth-order valence-corrected chi connectivity index (χ4v) is 2.92. The number of benzene rings is 2. The van der Waals surface area contributed by atoms with E-state index in [9.17, 15) is 9.65 Å². The van der Waals surface area contributed by atoms with Gasteiger partial charge in [-0.1, -0.05) is 35.9 Å². The van der Waals surface area contributed by atoms with E-state index in [4.69, 9.17) is 0 Å². The molecule has 0 amide bonds. The minimum atomic E-state index is -0.331. The largest absolute Gasteiger partial charge is 0.360 e. The van der Waals surface area contributed by atoms with Crippen LogP contribution >= 0.6 is 11.3 Å². The summed E-state index contributed by atoms with van der Waals surface area (Å²) in [5, 5.41) is 14.8. The summed E-state index contributed by atoms with van der Waals surface area (Å²) in [6.45, 7) is 2.03. The number of rotatable bonds is 4. The summed E-state index contributed by atoms with van der Waals surface area (Å²) in [7, 11) is 0. The van der Waals surface area contributed by atoms with Crippen molar-refractivity contribution >= 4 is 22.6 Å². The fourth-order valence-electron chi connectivity index (χ4n) is 2.13. The molecular formula is C19H14FN3S. The number of thiazole rings is 1. The topological polar surface area (TPSA) is 48.7 Å². The Bertz CT molecular complexity index is 920. The Hall–Kier alpha value is -2.97. The van der Waals surface area contributed by atoms with Crippen molar-refractivity contribution in [3.05, 3.63) is 76.5 Å². The van der Waals surface area contributed by atoms with Gasteiger partial charge in [-0.3, -0.25) is 0 Å². The molecule has 0 saturated carbocycles. The number of nitrogens with zero attached hydrogens (tertiary/aromatic N) is 2. The molecule has 1 N–H and O–H groups in total. The second kappa shape index (κ2) is 7.07. The van der Waals surface area contributed by atoms with Crippen LogP contribution in [0.4, 0.5) is 10.1 Å². The van der Waals surface area contributed by atoms with E-state index in [1.54, 1.807) is 18.3 Å². The van der Waals surface area contributed by atoms with E-state index in [1.807, 2.05) is 36.6 Å². The van der Waals surface area contributed by atoms with Crippen LogP contribution in [0, 0.1) is 24.1 Å². The predicted molar refractivity (Wildman–Crippen MR) is 95.9 cm³/mol. The van der Waals surface area contributed by atoms with Crippen LogP contribution in [-0.4, -0.2) is 4.98 Å². The average molecular weight is 335 g/mol. The minimum Gasteiger partial charge on any atom is -0.360 e. The van der Waals surface area contributed by atoms with Gasteiger partial charge in [0.1, 0.15) is 22.5 Å². The van der Waals surface area contributed by atoms with Gasteiger partial charge in [0.05, 0.1) is 5.69 Å². The molecule has 118 valence electrons. The quantitative estimate of drug-likeness (QED) is 0.664. The first-order valence-electron chi connectivity index (χ1n) is 7.31. The molecule has 0 bridgehead atoms. The highest BCUT2D eigenvalue weighted by Crippen LogP contribution is 2.26. The van der Waals surface area contributed by atoms with Crippen molar-refractivity contribution in [2.75, 3.05) is 5.32 Å². The number of aromatic nitrogens is 1. The molecule has 0 fully saturated rings. The molecule has 0 atom stereocenters. The molecule has 0 unspecified atom stereocenters. The van der Waals surface area contributed by atoms with Crippen LogP contribution in [0.1, 0.15) is 10.6 Å². The zero-order valence-corrected chi connectivity index (χ0v) is 13.8. The summed E-state index contributed by atoms with van der Waals surface area (Å²) in [6.07, 6.45) is 1.55. The molecule has 0 aliphatic carbocycles. The average Bonchev–Trinajstić information content (AvgIpc) is 3.06. The van der Waals surface area contributed by atoms with Gasteiger partial charge in [-0.25, -0.2) is 9.37 Å². The van der Waals surface area contributed by atoms with Crippen molar-refractivity contribution in [1.29, 1.82) is 5.26 Å². The van der Waals surface area contributed by atoms with E-state index in [-0.39, 0.29) is 5.82 Å². The van der Waals surface area contributed by atoms with Crippen molar-refractivity contribution in [2.24, 2.45) is 0 Å². The van der Waals surface area contributed by atoms with Gasteiger partial charge in [0.15, 0.2) is 0 Å². The van der Waals surface area contributed by atoms with Crippen molar-refractivity contribution in [3.8, 4) is 17.3 Å². The van der Waals surface area contributed by atoms with E-state index in [0.717, 1.165) is 11.3 Å². The smallest absolute Gasteiger partial charge is 0.136 e. The third-order valence-corrected chi connectivity index (χ3v) is 4.29. The molecule has 3 nitrogen and oxygen atoms in total. The van der Waals surface area contributed by atoms with Crippen LogP contribution in [-0.2, 0) is 0 Å². The molecule has 0 saturated heterocycles. The van der Waals surface area contributed by atoms with Crippen LogP contribution < -0.4 is 5.32 Å². The van der Waals surface area contributed by atoms with Gasteiger partial charge in [-0.15, -0.1) is 11.3 Å². The maximum atomic E-state index is 13.2. The zero-order valence-electron chi connectivity index (χ0n) is 13.0. The van der Waals surface area contributed by atoms with Gasteiger partial charge in [0, 0.05) is 22.8 Å². The van der Waals surface area contributed by atoms with Gasteiger partial charge >= 0.3 is 0 Å². The summed E-state index contributed by atoms with van der Waals surface area (Å²) in [5.74, 6) is -0.331. The molecule has 0 spiro atoms. The second-order valence-electron chi connectivity index (χ2n) is 5.23. The number of anilines is 1. The molecule has 3 aromatic rings. The van der Waals surface area contributed by atoms with E-state index < -0.39 is 0 Å². The molecule has 3 rings (SSSR count). The molecule has 1 heterocycles. The number of nitriles is 1. The summed E-state index contributed by atoms with van der Waals surface area (Å²) < 4.78 is 13.2. The maximum absolute atomic E-state index is 13.2. The van der Waals surface area contributed by atoms with Gasteiger partial charge < -0.3 is 5.32 Å². The fraction of sp³-hybridized carbons (Fsp3) is 0.0526. The lowest BCUT2D eigenvalue weighted by Gasteiger charge is -2.01. The molecule has 2 aromatic carbocycles. The molecule has 24 heavy (non-hydrogen) atoms. The first-order chi connectivity index (χ1) is 11.7. The molecule has 0 radical (unpaired) electrons. The summed E-state index contributed by atoms with van der Waals surface area (Å²) in [6, 6.07) is 16.3. The van der Waals surface area contributed by atoms with E-state index in [2.05, 4.69) is 16.4 Å². The second-order valence-corrected chi connectivity index (χ2v) is 6.09. The Balaban J connectivity index is 1.82. The molecule has 0 aliphatic rings. The number of hydrogen-bond donors (Lipinski definition) is 1. The number of allylic oxidation sites excluding steroid dienone is 1. The summed E-state index contributed by atoms with van der Waals surface area (Å²) >= 11 is 1.40. The lowest BCUT2D eigenvalue weighted by molar-refractivity contribution is 0.628. The number of hydrogen-bond acceptors (Lipinski definition) is 4. The SMILES string of the molecule is Cc1ccc(-c2csc(C(C#N)=CNc3cccc(F)c3)n2)cc1. The number of aryl methyl sites for hydroxylation is 1. The van der Waals surface area contributed by atoms with E-state index in [0.29, 0.717) is 16.3 Å². The Morgan fingerprint density at radius 1 is 1.25 bits per heavy atom. The third kappa shape index (κ3) is 3.67. The van der Waals surface area contributed by atoms with Gasteiger partial charge in [-0.2, -0.15) is 5.26 Å². The predicted octanol–water partition coefficient (Wildman–Crippen LogP) is 5.23. The van der Waals surface area contributed by atoms with Gasteiger partial charge in [0.2, 0.25) is 0 Å². The highest BCUT2D eigenvalue weighted by molar-refractivity contribution is 7.11. The number of nitrogens with one attached hydrogen (secondary N) is 1. The lowest BCUT2D eigenvalue weighted by atomic mass is 10.1. The Morgan fingerprint density at radius 2 is 2.04 bits per heavy atom. The Kier molecular flexibility index (Phi) is 4.69. The highest BCUT2D eigenvalue weighted by Gasteiger charge is 2.09. The Morgan fingerprint density at radius 3 is 2.75 bits per heavy atom. The lowest BCUT2D eigenvalue weighted by Crippen LogP contribution is -1.91. The van der Waals surface area contributed by atoms with Gasteiger partial charge in [-0.05, 0) is 25.1 Å². The van der Waals surface area contributed by atoms with Crippen molar-refractivity contribution in [1.82, 2.24) is 4.98 Å². The first-order valence-corrected chi connectivity index (χ1v) is 8.19. The standard InChI is InChI=1S/C19H14FN3S/c1-13-5-7-14(8-6-13)18-12-24-19(23-18)15(10-21)11-22-17-4-2-3-16(20)9-17/h2-9,11-12,22H,1H3. The van der Waals surface area contributed by atoms with Crippen LogP contribution in [0.2, 0.25) is 0 Å². The van der Waals surface area contributed by atoms with Crippen molar-refractivity contribution in [2.45, 2.75) is 6.92 Å².